The molecular formula is C31H43NO7. The molecule has 5 aliphatic rings. The van der Waals surface area contributed by atoms with Crippen molar-refractivity contribution < 1.29 is 34.1 Å². The highest BCUT2D eigenvalue weighted by molar-refractivity contribution is 6.06. The fraction of sp³-hybridized carbons (Fsp3) is 0.677. The van der Waals surface area contributed by atoms with Gasteiger partial charge in [0.15, 0.2) is 5.79 Å². The van der Waals surface area contributed by atoms with Crippen LogP contribution in [0.15, 0.2) is 52.3 Å². The monoisotopic (exact) mass is 541 g/mol. The average molecular weight is 542 g/mol. The van der Waals surface area contributed by atoms with Crippen molar-refractivity contribution in [2.24, 2.45) is 22.9 Å². The summed E-state index contributed by atoms with van der Waals surface area (Å²) < 4.78 is 25.3. The third-order valence-corrected chi connectivity index (χ3v) is 9.25. The van der Waals surface area contributed by atoms with Crippen molar-refractivity contribution in [1.82, 2.24) is 0 Å². The Hall–Kier alpha value is -2.26. The van der Waals surface area contributed by atoms with Crippen molar-refractivity contribution in [3.8, 4) is 0 Å². The summed E-state index contributed by atoms with van der Waals surface area (Å²) in [6.07, 6.45) is 12.6. The van der Waals surface area contributed by atoms with Gasteiger partial charge < -0.3 is 29.3 Å². The summed E-state index contributed by atoms with van der Waals surface area (Å²) in [4.78, 5) is 13.9. The Balaban J connectivity index is 1.53. The van der Waals surface area contributed by atoms with E-state index in [2.05, 4.69) is 45.0 Å². The van der Waals surface area contributed by atoms with Gasteiger partial charge >= 0.3 is 5.97 Å². The van der Waals surface area contributed by atoms with E-state index in [4.69, 9.17) is 18.9 Å². The van der Waals surface area contributed by atoms with Crippen molar-refractivity contribution in [3.05, 3.63) is 47.1 Å². The average Bonchev–Trinajstić information content (AvgIpc) is 3.21. The molecule has 8 heteroatoms. The lowest BCUT2D eigenvalue weighted by Crippen LogP contribution is -2.57. The largest absolute Gasteiger partial charge is 0.462 e. The maximum atomic E-state index is 13.9. The Morgan fingerprint density at radius 3 is 2.67 bits per heavy atom. The van der Waals surface area contributed by atoms with Gasteiger partial charge in [-0.25, -0.2) is 0 Å². The van der Waals surface area contributed by atoms with Crippen molar-refractivity contribution in [3.63, 3.8) is 0 Å². The Morgan fingerprint density at radius 2 is 1.92 bits per heavy atom. The molecule has 9 atom stereocenters. The molecular weight excluding hydrogens is 498 g/mol. The summed E-state index contributed by atoms with van der Waals surface area (Å²) in [5.41, 5.74) is 0.916. The van der Waals surface area contributed by atoms with E-state index in [1.165, 1.54) is 5.57 Å². The Kier molecular flexibility index (Phi) is 7.94. The van der Waals surface area contributed by atoms with Crippen molar-refractivity contribution in [1.29, 1.82) is 0 Å². The van der Waals surface area contributed by atoms with Gasteiger partial charge in [-0.1, -0.05) is 55.0 Å². The van der Waals surface area contributed by atoms with Crippen molar-refractivity contribution >= 4 is 11.7 Å². The Bertz CT molecular complexity index is 1120. The van der Waals surface area contributed by atoms with Gasteiger partial charge in [0.25, 0.3) is 0 Å². The molecule has 214 valence electrons. The van der Waals surface area contributed by atoms with Crippen molar-refractivity contribution in [2.45, 2.75) is 109 Å². The lowest BCUT2D eigenvalue weighted by Gasteiger charge is -2.49. The summed E-state index contributed by atoms with van der Waals surface area (Å²) in [6, 6.07) is 0. The number of aliphatic hydroxyl groups is 1. The van der Waals surface area contributed by atoms with Gasteiger partial charge in [-0.3, -0.25) is 4.79 Å². The van der Waals surface area contributed by atoms with E-state index in [0.717, 1.165) is 19.3 Å². The maximum absolute atomic E-state index is 13.9. The first-order valence-corrected chi connectivity index (χ1v) is 14.4. The highest BCUT2D eigenvalue weighted by Gasteiger charge is 2.59. The topological polar surface area (TPSA) is 107 Å². The number of allylic oxidation sites excluding steroid dienone is 4. The van der Waals surface area contributed by atoms with Gasteiger partial charge in [0.05, 0.1) is 18.8 Å². The normalized spacial score (nSPS) is 45.2. The molecule has 0 radical (unpaired) electrons. The molecule has 1 spiro atoms. The predicted molar refractivity (Wildman–Crippen MR) is 146 cm³/mol. The second-order valence-corrected chi connectivity index (χ2v) is 12.4. The summed E-state index contributed by atoms with van der Waals surface area (Å²) in [5.74, 6) is -1.62. The molecule has 0 amide bonds. The number of hydrogen-bond donors (Lipinski definition) is 2. The van der Waals surface area contributed by atoms with Crippen molar-refractivity contribution in [2.75, 3.05) is 6.61 Å². The standard InChI is InChI=1S/C31H43NO7/c1-18-7-6-8-23-17-36-28-27(32-35)21(4)14-26(31(23,28)34)29(33)37-25-15-24(10-9-19(2)13-18)39-30(16-25)12-11-20(3)22(5)38-30/h6-9,14,18,20,22,24-26,28,34-35H,10-13,15-17H2,1-5H3/b7-6+,19-9?,23-8?,32-27?. The van der Waals surface area contributed by atoms with E-state index < -0.39 is 35.5 Å². The summed E-state index contributed by atoms with van der Waals surface area (Å²) in [7, 11) is 0. The van der Waals surface area contributed by atoms with Crippen LogP contribution in [0.2, 0.25) is 0 Å². The number of carbonyl (C=O) groups excluding carboxylic acids is 1. The second-order valence-electron chi connectivity index (χ2n) is 12.4. The predicted octanol–water partition coefficient (Wildman–Crippen LogP) is 5.00. The first kappa shape index (κ1) is 28.3. The van der Waals surface area contributed by atoms with Crippen LogP contribution in [0, 0.1) is 17.8 Å². The second kappa shape index (κ2) is 11.0. The van der Waals surface area contributed by atoms with E-state index >= 15 is 0 Å². The third-order valence-electron chi connectivity index (χ3n) is 9.25. The molecule has 1 aliphatic carbocycles. The fourth-order valence-electron chi connectivity index (χ4n) is 6.85. The van der Waals surface area contributed by atoms with Gasteiger partial charge in [-0.05, 0) is 63.0 Å². The lowest BCUT2D eigenvalue weighted by atomic mass is 9.71. The molecule has 3 fully saturated rings. The minimum Gasteiger partial charge on any atom is -0.462 e. The molecule has 4 heterocycles. The van der Waals surface area contributed by atoms with Gasteiger partial charge in [0, 0.05) is 19.3 Å². The van der Waals surface area contributed by atoms with Gasteiger partial charge in [-0.15, -0.1) is 0 Å². The van der Waals surface area contributed by atoms with E-state index in [1.54, 1.807) is 13.0 Å². The highest BCUT2D eigenvalue weighted by atomic mass is 16.7. The molecule has 3 saturated heterocycles. The van der Waals surface area contributed by atoms with Crippen LogP contribution in [0.5, 0.6) is 0 Å². The summed E-state index contributed by atoms with van der Waals surface area (Å²) in [6.45, 7) is 10.4. The molecule has 2 bridgehead atoms. The van der Waals surface area contributed by atoms with E-state index in [-0.39, 0.29) is 30.4 Å². The van der Waals surface area contributed by atoms with Gasteiger partial charge in [0.1, 0.15) is 29.4 Å². The first-order valence-electron chi connectivity index (χ1n) is 14.4. The number of carbonyl (C=O) groups is 1. The van der Waals surface area contributed by atoms with Crippen LogP contribution >= 0.6 is 0 Å². The molecule has 0 aromatic heterocycles. The maximum Gasteiger partial charge on any atom is 0.316 e. The third kappa shape index (κ3) is 5.41. The zero-order valence-corrected chi connectivity index (χ0v) is 23.8. The van der Waals surface area contributed by atoms with Crippen LogP contribution in [-0.4, -0.2) is 64.4 Å². The highest BCUT2D eigenvalue weighted by Crippen LogP contribution is 2.46. The van der Waals surface area contributed by atoms with Crippen LogP contribution in [0.25, 0.3) is 0 Å². The molecule has 0 aromatic rings. The molecule has 9 unspecified atom stereocenters. The van der Waals surface area contributed by atoms with Crippen LogP contribution < -0.4 is 0 Å². The smallest absolute Gasteiger partial charge is 0.316 e. The molecule has 4 aliphatic heterocycles. The molecule has 0 aromatic carbocycles. The minimum absolute atomic E-state index is 0.0431. The summed E-state index contributed by atoms with van der Waals surface area (Å²) >= 11 is 0. The van der Waals surface area contributed by atoms with E-state index in [9.17, 15) is 15.1 Å². The zero-order valence-electron chi connectivity index (χ0n) is 23.8. The molecule has 8 nitrogen and oxygen atoms in total. The number of esters is 1. The number of hydrogen-bond acceptors (Lipinski definition) is 8. The molecule has 2 N–H and O–H groups in total. The van der Waals surface area contributed by atoms with Crippen LogP contribution in [0.4, 0.5) is 0 Å². The zero-order chi connectivity index (χ0) is 27.9. The van der Waals surface area contributed by atoms with Gasteiger partial charge in [-0.2, -0.15) is 0 Å². The van der Waals surface area contributed by atoms with E-state index in [0.29, 0.717) is 36.3 Å². The lowest BCUT2D eigenvalue weighted by molar-refractivity contribution is -0.332. The first-order chi connectivity index (χ1) is 18.5. The number of ether oxygens (including phenoxy) is 4. The van der Waals surface area contributed by atoms with E-state index in [1.807, 2.05) is 12.2 Å². The van der Waals surface area contributed by atoms with Crippen LogP contribution in [0.1, 0.15) is 73.1 Å². The number of nitrogens with zero attached hydrogens (tertiary/aromatic N) is 1. The Morgan fingerprint density at radius 1 is 1.13 bits per heavy atom. The Labute approximate surface area is 231 Å². The molecule has 39 heavy (non-hydrogen) atoms. The number of oxime groups is 1. The summed E-state index contributed by atoms with van der Waals surface area (Å²) in [5, 5.41) is 25.2. The van der Waals surface area contributed by atoms with Gasteiger partial charge in [0.2, 0.25) is 0 Å². The number of fused-ring (bicyclic) bond motifs is 2. The SMILES string of the molecule is CC1=CCC2CC(CC3(CCC(C)C(C)O3)O2)OC(=O)C2C=C(C)C(=NO)C3OCC(=C/C=C/C(C)C1)C23O. The minimum atomic E-state index is -1.72. The molecule has 5 rings (SSSR count). The molecule has 0 saturated carbocycles. The fourth-order valence-corrected chi connectivity index (χ4v) is 6.85. The quantitative estimate of drug-likeness (QED) is 0.192. The van der Waals surface area contributed by atoms with Crippen LogP contribution in [0.3, 0.4) is 0 Å². The van der Waals surface area contributed by atoms with Crippen LogP contribution in [-0.2, 0) is 23.7 Å². The number of rotatable bonds is 0.